The maximum Gasteiger partial charge on any atom is 0.343 e. The standard InChI is InChI=1S/C21H22ClN3O5S/c1-14-19(20(22)25(23-14)12-15-7-4-3-5-8-15)21(28)30-10-6-9-24-16(26)13-31-17(24)11-18(27)29-2/h3-5,7-8,11H,6,9-10,12-13H2,1-2H3/b17-11+. The maximum atomic E-state index is 12.5. The molecule has 0 saturated carbocycles. The third-order valence-electron chi connectivity index (χ3n) is 4.56. The Kier molecular flexibility index (Phi) is 7.75. The first-order chi connectivity index (χ1) is 14.9. The SMILES string of the molecule is COC(=O)/C=C1/SCC(=O)N1CCCOC(=O)c1c(C)nn(Cc2ccccc2)c1Cl. The lowest BCUT2D eigenvalue weighted by atomic mass is 10.2. The molecule has 0 spiro atoms. The van der Waals surface area contributed by atoms with E-state index in [1.165, 1.54) is 29.8 Å². The highest BCUT2D eigenvalue weighted by Gasteiger charge is 2.27. The van der Waals surface area contributed by atoms with Gasteiger partial charge < -0.3 is 14.4 Å². The molecule has 31 heavy (non-hydrogen) atoms. The van der Waals surface area contributed by atoms with Gasteiger partial charge in [-0.2, -0.15) is 5.10 Å². The lowest BCUT2D eigenvalue weighted by molar-refractivity contribution is -0.134. The summed E-state index contributed by atoms with van der Waals surface area (Å²) in [7, 11) is 1.28. The smallest absolute Gasteiger partial charge is 0.343 e. The number of nitrogens with zero attached hydrogens (tertiary/aromatic N) is 3. The summed E-state index contributed by atoms with van der Waals surface area (Å²) in [6, 6.07) is 9.66. The van der Waals surface area contributed by atoms with Gasteiger partial charge in [0.15, 0.2) is 0 Å². The number of halogens is 1. The number of esters is 2. The number of carbonyl (C=O) groups is 3. The maximum absolute atomic E-state index is 12.5. The van der Waals surface area contributed by atoms with Gasteiger partial charge in [0.05, 0.1) is 42.8 Å². The third-order valence-corrected chi connectivity index (χ3v) is 5.97. The molecule has 1 aliphatic heterocycles. The third kappa shape index (κ3) is 5.68. The number of amides is 1. The van der Waals surface area contributed by atoms with Gasteiger partial charge in [-0.05, 0) is 18.9 Å². The Labute approximate surface area is 189 Å². The van der Waals surface area contributed by atoms with Gasteiger partial charge in [0, 0.05) is 6.54 Å². The van der Waals surface area contributed by atoms with Crippen molar-refractivity contribution in [1.82, 2.24) is 14.7 Å². The molecule has 0 atom stereocenters. The van der Waals surface area contributed by atoms with E-state index in [1.807, 2.05) is 30.3 Å². The second-order valence-corrected chi connectivity index (χ2v) is 8.08. The lowest BCUT2D eigenvalue weighted by Gasteiger charge is -2.16. The summed E-state index contributed by atoms with van der Waals surface area (Å²) in [5.74, 6) is -0.925. The molecule has 1 saturated heterocycles. The van der Waals surface area contributed by atoms with Crippen LogP contribution in [0.3, 0.4) is 0 Å². The van der Waals surface area contributed by atoms with Crippen molar-refractivity contribution in [1.29, 1.82) is 0 Å². The van der Waals surface area contributed by atoms with Gasteiger partial charge in [-0.25, -0.2) is 14.3 Å². The number of benzene rings is 1. The van der Waals surface area contributed by atoms with Crippen LogP contribution in [-0.2, 0) is 25.6 Å². The summed E-state index contributed by atoms with van der Waals surface area (Å²) in [6.45, 7) is 2.56. The number of thioether (sulfide) groups is 1. The largest absolute Gasteiger partial charge is 0.466 e. The summed E-state index contributed by atoms with van der Waals surface area (Å²) in [6.07, 6.45) is 1.69. The molecule has 0 N–H and O–H groups in total. The Morgan fingerprint density at radius 2 is 2.03 bits per heavy atom. The Hall–Kier alpha value is -2.78. The number of rotatable bonds is 8. The van der Waals surface area contributed by atoms with Crippen molar-refractivity contribution in [3.63, 3.8) is 0 Å². The zero-order chi connectivity index (χ0) is 22.4. The van der Waals surface area contributed by atoms with Crippen molar-refractivity contribution in [2.45, 2.75) is 19.9 Å². The molecule has 2 aromatic rings. The molecule has 1 aromatic carbocycles. The second-order valence-electron chi connectivity index (χ2n) is 6.72. The van der Waals surface area contributed by atoms with Gasteiger partial charge in [-0.3, -0.25) is 4.79 Å². The lowest BCUT2D eigenvalue weighted by Crippen LogP contribution is -2.27. The fourth-order valence-electron chi connectivity index (χ4n) is 3.03. The van der Waals surface area contributed by atoms with Crippen molar-refractivity contribution in [3.8, 4) is 0 Å². The van der Waals surface area contributed by atoms with Crippen LogP contribution >= 0.6 is 23.4 Å². The number of hydrogen-bond donors (Lipinski definition) is 0. The topological polar surface area (TPSA) is 90.7 Å². The molecular formula is C21H22ClN3O5S. The van der Waals surface area contributed by atoms with Crippen molar-refractivity contribution in [2.75, 3.05) is 26.0 Å². The average Bonchev–Trinajstić information content (AvgIpc) is 3.24. The van der Waals surface area contributed by atoms with Gasteiger partial charge in [-0.1, -0.05) is 53.7 Å². The Morgan fingerprint density at radius 3 is 2.74 bits per heavy atom. The summed E-state index contributed by atoms with van der Waals surface area (Å²) < 4.78 is 11.5. The monoisotopic (exact) mass is 463 g/mol. The Balaban J connectivity index is 1.56. The first-order valence-electron chi connectivity index (χ1n) is 9.57. The van der Waals surface area contributed by atoms with Crippen molar-refractivity contribution in [3.05, 3.63) is 63.4 Å². The van der Waals surface area contributed by atoms with Gasteiger partial charge in [0.25, 0.3) is 0 Å². The van der Waals surface area contributed by atoms with Crippen molar-refractivity contribution < 1.29 is 23.9 Å². The number of hydrogen-bond acceptors (Lipinski definition) is 7. The highest BCUT2D eigenvalue weighted by Crippen LogP contribution is 2.29. The van der Waals surface area contributed by atoms with Gasteiger partial charge in [0.2, 0.25) is 5.91 Å². The first-order valence-corrected chi connectivity index (χ1v) is 10.9. The fraction of sp³-hybridized carbons (Fsp3) is 0.333. The van der Waals surface area contributed by atoms with E-state index in [0.717, 1.165) is 5.56 Å². The average molecular weight is 464 g/mol. The highest BCUT2D eigenvalue weighted by molar-refractivity contribution is 8.04. The van der Waals surface area contributed by atoms with Gasteiger partial charge in [0.1, 0.15) is 10.7 Å². The molecule has 8 nitrogen and oxygen atoms in total. The molecule has 164 valence electrons. The van der Waals surface area contributed by atoms with E-state index < -0.39 is 11.9 Å². The van der Waals surface area contributed by atoms with E-state index in [0.29, 0.717) is 30.2 Å². The van der Waals surface area contributed by atoms with Crippen LogP contribution in [0.5, 0.6) is 0 Å². The predicted octanol–water partition coefficient (Wildman–Crippen LogP) is 3.03. The van der Waals surface area contributed by atoms with Crippen LogP contribution in [0.15, 0.2) is 41.4 Å². The minimum Gasteiger partial charge on any atom is -0.466 e. The van der Waals surface area contributed by atoms with Gasteiger partial charge in [-0.15, -0.1) is 0 Å². The van der Waals surface area contributed by atoms with Crippen LogP contribution < -0.4 is 0 Å². The van der Waals surface area contributed by atoms with Crippen LogP contribution in [0.25, 0.3) is 0 Å². The molecule has 10 heteroatoms. The number of carbonyl (C=O) groups excluding carboxylic acids is 3. The van der Waals surface area contributed by atoms with E-state index in [9.17, 15) is 14.4 Å². The molecule has 0 unspecified atom stereocenters. The molecule has 1 aliphatic rings. The molecule has 1 aromatic heterocycles. The molecule has 0 aliphatic carbocycles. The zero-order valence-electron chi connectivity index (χ0n) is 17.2. The second kappa shape index (κ2) is 10.5. The number of aryl methyl sites for hydroxylation is 1. The molecule has 0 bridgehead atoms. The fourth-order valence-corrected chi connectivity index (χ4v) is 4.30. The van der Waals surface area contributed by atoms with E-state index in [1.54, 1.807) is 11.6 Å². The van der Waals surface area contributed by atoms with E-state index in [4.69, 9.17) is 16.3 Å². The van der Waals surface area contributed by atoms with E-state index >= 15 is 0 Å². The molecule has 3 rings (SSSR count). The summed E-state index contributed by atoms with van der Waals surface area (Å²) in [4.78, 5) is 37.5. The normalized spacial score (nSPS) is 14.9. The molecule has 2 heterocycles. The Bertz CT molecular complexity index is 1010. The van der Waals surface area contributed by atoms with E-state index in [2.05, 4.69) is 9.84 Å². The predicted molar refractivity (Wildman–Crippen MR) is 117 cm³/mol. The van der Waals surface area contributed by atoms with E-state index in [-0.39, 0.29) is 29.0 Å². The number of methoxy groups -OCH3 is 1. The van der Waals surface area contributed by atoms with Crippen molar-refractivity contribution in [2.24, 2.45) is 0 Å². The number of aromatic nitrogens is 2. The summed E-state index contributed by atoms with van der Waals surface area (Å²) >= 11 is 7.66. The molecule has 1 fully saturated rings. The Morgan fingerprint density at radius 1 is 1.29 bits per heavy atom. The minimum absolute atomic E-state index is 0.0957. The van der Waals surface area contributed by atoms with Crippen LogP contribution in [0.1, 0.15) is 28.0 Å². The molecular weight excluding hydrogens is 442 g/mol. The quantitative estimate of drug-likeness (QED) is 0.337. The summed E-state index contributed by atoms with van der Waals surface area (Å²) in [5.41, 5.74) is 1.73. The van der Waals surface area contributed by atoms with Gasteiger partial charge >= 0.3 is 11.9 Å². The highest BCUT2D eigenvalue weighted by atomic mass is 35.5. The van der Waals surface area contributed by atoms with Crippen LogP contribution in [0, 0.1) is 6.92 Å². The van der Waals surface area contributed by atoms with Crippen LogP contribution in [0.4, 0.5) is 0 Å². The van der Waals surface area contributed by atoms with Crippen molar-refractivity contribution >= 4 is 41.2 Å². The zero-order valence-corrected chi connectivity index (χ0v) is 18.7. The molecule has 1 amide bonds. The minimum atomic E-state index is -0.561. The molecule has 0 radical (unpaired) electrons. The van der Waals surface area contributed by atoms with Crippen LogP contribution in [-0.4, -0.2) is 58.5 Å². The summed E-state index contributed by atoms with van der Waals surface area (Å²) in [5, 5.41) is 5.10. The van der Waals surface area contributed by atoms with Crippen LogP contribution in [0.2, 0.25) is 5.15 Å². The first kappa shape index (κ1) is 22.9. The number of ether oxygens (including phenoxy) is 2.